The van der Waals surface area contributed by atoms with Crippen molar-refractivity contribution < 1.29 is 17.2 Å². The third kappa shape index (κ3) is 5.32. The summed E-state index contributed by atoms with van der Waals surface area (Å²) in [6, 6.07) is 12.8. The van der Waals surface area contributed by atoms with E-state index in [1.54, 1.807) is 24.3 Å². The standard InChI is InChI=1S/C18H22ClN3O.ClH/c1-4-22(5-2)16-9-10-17(13(3)11-16)21-18(23)20-15-8-6-7-14(19)12-15;/h6-12H,4-5H2,1-3H3,(H2,20,21,23);1H/p-1. The van der Waals surface area contributed by atoms with Crippen LogP contribution < -0.4 is 27.9 Å². The van der Waals surface area contributed by atoms with Crippen molar-refractivity contribution in [2.75, 3.05) is 28.6 Å². The summed E-state index contributed by atoms with van der Waals surface area (Å²) >= 11 is 5.91. The van der Waals surface area contributed by atoms with E-state index in [0.29, 0.717) is 10.7 Å². The molecule has 2 N–H and O–H groups in total. The predicted octanol–water partition coefficient (Wildman–Crippen LogP) is 2.14. The number of urea groups is 1. The van der Waals surface area contributed by atoms with Gasteiger partial charge in [-0.15, -0.1) is 0 Å². The highest BCUT2D eigenvalue weighted by molar-refractivity contribution is 6.30. The number of carbonyl (C=O) groups is 1. The van der Waals surface area contributed by atoms with Crippen molar-refractivity contribution >= 4 is 34.7 Å². The zero-order chi connectivity index (χ0) is 16.8. The third-order valence-corrected chi connectivity index (χ3v) is 3.90. The van der Waals surface area contributed by atoms with Crippen LogP contribution in [0.1, 0.15) is 19.4 Å². The number of aryl methyl sites for hydroxylation is 1. The molecule has 0 heterocycles. The first kappa shape index (κ1) is 20.1. The topological polar surface area (TPSA) is 44.4 Å². The van der Waals surface area contributed by atoms with Gasteiger partial charge in [-0.05, 0) is 62.7 Å². The lowest BCUT2D eigenvalue weighted by molar-refractivity contribution is -0.00000762. The molecule has 0 aromatic heterocycles. The van der Waals surface area contributed by atoms with Crippen LogP contribution in [-0.2, 0) is 0 Å². The quantitative estimate of drug-likeness (QED) is 0.851. The molecule has 2 aromatic rings. The summed E-state index contributed by atoms with van der Waals surface area (Å²) in [5.74, 6) is 0. The fraction of sp³-hybridized carbons (Fsp3) is 0.278. The molecule has 6 heteroatoms. The predicted molar refractivity (Wildman–Crippen MR) is 98.8 cm³/mol. The lowest BCUT2D eigenvalue weighted by Gasteiger charge is -2.22. The number of amides is 2. The van der Waals surface area contributed by atoms with E-state index < -0.39 is 0 Å². The van der Waals surface area contributed by atoms with E-state index in [1.165, 1.54) is 0 Å². The van der Waals surface area contributed by atoms with Crippen LogP contribution in [0.3, 0.4) is 0 Å². The Hall–Kier alpha value is -1.91. The van der Waals surface area contributed by atoms with Crippen LogP contribution in [0.4, 0.5) is 21.9 Å². The largest absolute Gasteiger partial charge is 1.00 e. The average Bonchev–Trinajstić information content (AvgIpc) is 2.51. The van der Waals surface area contributed by atoms with Gasteiger partial charge in [-0.25, -0.2) is 4.79 Å². The highest BCUT2D eigenvalue weighted by Crippen LogP contribution is 2.23. The van der Waals surface area contributed by atoms with Crippen LogP contribution in [0, 0.1) is 6.92 Å². The van der Waals surface area contributed by atoms with Crippen LogP contribution in [0.5, 0.6) is 0 Å². The molecular weight excluding hydrogens is 345 g/mol. The molecule has 0 saturated heterocycles. The maximum Gasteiger partial charge on any atom is 0.323 e. The molecule has 130 valence electrons. The van der Waals surface area contributed by atoms with E-state index in [2.05, 4.69) is 35.4 Å². The van der Waals surface area contributed by atoms with E-state index in [1.807, 2.05) is 19.1 Å². The van der Waals surface area contributed by atoms with Gasteiger partial charge in [0.05, 0.1) is 0 Å². The molecule has 0 atom stereocenters. The Bertz CT molecular complexity index is 688. The molecule has 0 bridgehead atoms. The van der Waals surface area contributed by atoms with Crippen LogP contribution in [0.25, 0.3) is 0 Å². The zero-order valence-electron chi connectivity index (χ0n) is 14.1. The normalized spacial score (nSPS) is 9.83. The van der Waals surface area contributed by atoms with Crippen LogP contribution in [-0.4, -0.2) is 19.1 Å². The van der Waals surface area contributed by atoms with Gasteiger partial charge in [-0.2, -0.15) is 0 Å². The molecule has 0 unspecified atom stereocenters. The van der Waals surface area contributed by atoms with Crippen molar-refractivity contribution in [2.45, 2.75) is 20.8 Å². The van der Waals surface area contributed by atoms with Crippen LogP contribution in [0.2, 0.25) is 5.02 Å². The van der Waals surface area contributed by atoms with Gasteiger partial charge < -0.3 is 27.9 Å². The number of hydrogen-bond donors (Lipinski definition) is 2. The highest BCUT2D eigenvalue weighted by Gasteiger charge is 2.08. The summed E-state index contributed by atoms with van der Waals surface area (Å²) in [4.78, 5) is 14.4. The Balaban J connectivity index is 0.00000288. The number of benzene rings is 2. The molecule has 2 amide bonds. The molecule has 24 heavy (non-hydrogen) atoms. The Kier molecular flexibility index (Phi) is 7.89. The SMILES string of the molecule is CCN(CC)c1ccc(NC(=O)Nc2cccc(Cl)c2)c(C)c1.[Cl-]. The summed E-state index contributed by atoms with van der Waals surface area (Å²) in [5, 5.41) is 6.23. The second-order valence-electron chi connectivity index (χ2n) is 5.26. The molecule has 0 radical (unpaired) electrons. The molecule has 0 fully saturated rings. The van der Waals surface area contributed by atoms with Crippen molar-refractivity contribution in [3.63, 3.8) is 0 Å². The maximum atomic E-state index is 12.1. The van der Waals surface area contributed by atoms with E-state index in [9.17, 15) is 4.79 Å². The monoisotopic (exact) mass is 366 g/mol. The Morgan fingerprint density at radius 3 is 2.38 bits per heavy atom. The van der Waals surface area contributed by atoms with Gasteiger partial charge in [0.25, 0.3) is 0 Å². The lowest BCUT2D eigenvalue weighted by Crippen LogP contribution is -3.00. The van der Waals surface area contributed by atoms with Gasteiger partial charge in [0.1, 0.15) is 0 Å². The van der Waals surface area contributed by atoms with Gasteiger partial charge in [-0.3, -0.25) is 0 Å². The second kappa shape index (κ2) is 9.40. The average molecular weight is 367 g/mol. The summed E-state index contributed by atoms with van der Waals surface area (Å²) in [5.41, 5.74) is 3.64. The molecule has 0 saturated carbocycles. The highest BCUT2D eigenvalue weighted by atomic mass is 35.5. The third-order valence-electron chi connectivity index (χ3n) is 3.67. The van der Waals surface area contributed by atoms with E-state index in [-0.39, 0.29) is 18.4 Å². The smallest absolute Gasteiger partial charge is 0.323 e. The molecule has 0 aliphatic rings. The first-order valence-electron chi connectivity index (χ1n) is 7.72. The van der Waals surface area contributed by atoms with E-state index in [4.69, 9.17) is 11.6 Å². The van der Waals surface area contributed by atoms with Crippen molar-refractivity contribution in [3.05, 3.63) is 53.1 Å². The molecular formula is C18H22Cl2N3O-. The van der Waals surface area contributed by atoms with Crippen molar-refractivity contribution in [3.8, 4) is 0 Å². The Morgan fingerprint density at radius 2 is 1.79 bits per heavy atom. The second-order valence-corrected chi connectivity index (χ2v) is 5.70. The van der Waals surface area contributed by atoms with Gasteiger partial charge >= 0.3 is 6.03 Å². The number of hydrogen-bond acceptors (Lipinski definition) is 2. The first-order valence-corrected chi connectivity index (χ1v) is 8.10. The molecule has 2 aromatic carbocycles. The minimum atomic E-state index is -0.286. The number of anilines is 3. The van der Waals surface area contributed by atoms with E-state index >= 15 is 0 Å². The molecule has 2 rings (SSSR count). The summed E-state index contributed by atoms with van der Waals surface area (Å²) in [6.07, 6.45) is 0. The minimum Gasteiger partial charge on any atom is -1.00 e. The lowest BCUT2D eigenvalue weighted by atomic mass is 10.1. The van der Waals surface area contributed by atoms with Gasteiger partial charge in [0.15, 0.2) is 0 Å². The molecule has 4 nitrogen and oxygen atoms in total. The van der Waals surface area contributed by atoms with Crippen LogP contribution in [0.15, 0.2) is 42.5 Å². The molecule has 0 spiro atoms. The van der Waals surface area contributed by atoms with Crippen molar-refractivity contribution in [2.24, 2.45) is 0 Å². The minimum absolute atomic E-state index is 0. The number of rotatable bonds is 5. The van der Waals surface area contributed by atoms with Gasteiger partial charge in [-0.1, -0.05) is 17.7 Å². The summed E-state index contributed by atoms with van der Waals surface area (Å²) in [6.45, 7) is 8.16. The van der Waals surface area contributed by atoms with Crippen molar-refractivity contribution in [1.29, 1.82) is 0 Å². The van der Waals surface area contributed by atoms with Gasteiger partial charge in [0, 0.05) is 35.2 Å². The van der Waals surface area contributed by atoms with E-state index in [0.717, 1.165) is 30.0 Å². The van der Waals surface area contributed by atoms with Crippen molar-refractivity contribution in [1.82, 2.24) is 0 Å². The number of halogens is 2. The fourth-order valence-electron chi connectivity index (χ4n) is 2.42. The summed E-state index contributed by atoms with van der Waals surface area (Å²) < 4.78 is 0. The maximum absolute atomic E-state index is 12.1. The zero-order valence-corrected chi connectivity index (χ0v) is 15.6. The molecule has 0 aliphatic carbocycles. The Labute approximate surface area is 154 Å². The van der Waals surface area contributed by atoms with Gasteiger partial charge in [0.2, 0.25) is 0 Å². The number of nitrogens with zero attached hydrogens (tertiary/aromatic N) is 1. The fourth-order valence-corrected chi connectivity index (χ4v) is 2.61. The summed E-state index contributed by atoms with van der Waals surface area (Å²) in [7, 11) is 0. The molecule has 0 aliphatic heterocycles. The first-order chi connectivity index (χ1) is 11.0. The van der Waals surface area contributed by atoms with Crippen LogP contribution >= 0.6 is 11.6 Å². The Morgan fingerprint density at radius 1 is 1.08 bits per heavy atom. The number of carbonyl (C=O) groups excluding carboxylic acids is 1. The number of nitrogens with one attached hydrogen (secondary N) is 2.